The van der Waals surface area contributed by atoms with E-state index in [2.05, 4.69) is 27.3 Å². The molecule has 0 amide bonds. The van der Waals surface area contributed by atoms with E-state index in [9.17, 15) is 0 Å². The normalized spacial score (nSPS) is 14.3. The van der Waals surface area contributed by atoms with Crippen molar-refractivity contribution in [3.05, 3.63) is 23.8 Å². The number of hydrogen-bond acceptors (Lipinski definition) is 3. The fourth-order valence-electron chi connectivity index (χ4n) is 2.90. The van der Waals surface area contributed by atoms with Gasteiger partial charge in [-0.1, -0.05) is 6.07 Å². The maximum absolute atomic E-state index is 5.63. The molecule has 1 aromatic rings. The second kappa shape index (κ2) is 11.4. The van der Waals surface area contributed by atoms with E-state index in [4.69, 9.17) is 9.47 Å². The number of aryl methyl sites for hydroxylation is 1. The molecule has 0 radical (unpaired) electrons. The molecule has 1 aromatic carbocycles. The minimum Gasteiger partial charge on any atom is -0.493 e. The summed E-state index contributed by atoms with van der Waals surface area (Å²) >= 11 is 0. The van der Waals surface area contributed by atoms with Crippen molar-refractivity contribution >= 4 is 29.9 Å². The highest BCUT2D eigenvalue weighted by atomic mass is 127. The van der Waals surface area contributed by atoms with Crippen LogP contribution in [-0.2, 0) is 6.42 Å². The minimum atomic E-state index is 0. The summed E-state index contributed by atoms with van der Waals surface area (Å²) in [5.74, 6) is 2.66. The van der Waals surface area contributed by atoms with Crippen LogP contribution in [0.4, 0.5) is 0 Å². The SMILES string of the molecule is CCOc1cc(CCCNC(=NC)N2CCCC2)ccc1OC.I. The topological polar surface area (TPSA) is 46.1 Å². The molecule has 1 aliphatic rings. The molecule has 6 heteroatoms. The summed E-state index contributed by atoms with van der Waals surface area (Å²) < 4.78 is 11.0. The Kier molecular flexibility index (Phi) is 9.90. The molecule has 2 rings (SSSR count). The summed E-state index contributed by atoms with van der Waals surface area (Å²) in [6.45, 7) is 5.80. The van der Waals surface area contributed by atoms with Crippen molar-refractivity contribution in [1.29, 1.82) is 0 Å². The largest absolute Gasteiger partial charge is 0.493 e. The number of methoxy groups -OCH3 is 1. The number of benzene rings is 1. The van der Waals surface area contributed by atoms with Gasteiger partial charge in [-0.05, 0) is 50.3 Å². The molecule has 0 bridgehead atoms. The van der Waals surface area contributed by atoms with Crippen LogP contribution in [0.25, 0.3) is 0 Å². The third kappa shape index (κ3) is 6.03. The molecule has 5 nitrogen and oxygen atoms in total. The van der Waals surface area contributed by atoms with Crippen LogP contribution in [0.2, 0.25) is 0 Å². The summed E-state index contributed by atoms with van der Waals surface area (Å²) in [5.41, 5.74) is 1.27. The van der Waals surface area contributed by atoms with Crippen LogP contribution < -0.4 is 14.8 Å². The van der Waals surface area contributed by atoms with Gasteiger partial charge in [0.25, 0.3) is 0 Å². The second-order valence-corrected chi connectivity index (χ2v) is 5.69. The lowest BCUT2D eigenvalue weighted by Crippen LogP contribution is -2.40. The van der Waals surface area contributed by atoms with Gasteiger partial charge in [-0.3, -0.25) is 4.99 Å². The van der Waals surface area contributed by atoms with Gasteiger partial charge in [-0.2, -0.15) is 0 Å². The first-order chi connectivity index (χ1) is 11.3. The number of ether oxygens (including phenoxy) is 2. The van der Waals surface area contributed by atoms with E-state index in [1.165, 1.54) is 18.4 Å². The van der Waals surface area contributed by atoms with Crippen molar-refractivity contribution in [2.45, 2.75) is 32.6 Å². The van der Waals surface area contributed by atoms with Crippen molar-refractivity contribution in [1.82, 2.24) is 10.2 Å². The first kappa shape index (κ1) is 20.9. The standard InChI is InChI=1S/C18H29N3O2.HI/c1-4-23-17-14-15(9-10-16(17)22-3)8-7-11-20-18(19-2)21-12-5-6-13-21;/h9-10,14H,4-8,11-13H2,1-3H3,(H,19,20);1H. The Morgan fingerprint density at radius 1 is 1.25 bits per heavy atom. The van der Waals surface area contributed by atoms with Crippen LogP contribution in [0.15, 0.2) is 23.2 Å². The van der Waals surface area contributed by atoms with E-state index in [1.54, 1.807) is 7.11 Å². The Morgan fingerprint density at radius 3 is 2.62 bits per heavy atom. The van der Waals surface area contributed by atoms with E-state index in [0.29, 0.717) is 6.61 Å². The van der Waals surface area contributed by atoms with Crippen molar-refractivity contribution in [3.63, 3.8) is 0 Å². The van der Waals surface area contributed by atoms with E-state index < -0.39 is 0 Å². The van der Waals surface area contributed by atoms with Gasteiger partial charge >= 0.3 is 0 Å². The number of hydrogen-bond donors (Lipinski definition) is 1. The molecular formula is C18H30IN3O2. The highest BCUT2D eigenvalue weighted by molar-refractivity contribution is 14.0. The summed E-state index contributed by atoms with van der Waals surface area (Å²) in [5, 5.41) is 3.46. The van der Waals surface area contributed by atoms with E-state index in [-0.39, 0.29) is 24.0 Å². The lowest BCUT2D eigenvalue weighted by molar-refractivity contribution is 0.310. The maximum atomic E-state index is 5.63. The van der Waals surface area contributed by atoms with Crippen LogP contribution in [0, 0.1) is 0 Å². The number of nitrogens with zero attached hydrogens (tertiary/aromatic N) is 2. The van der Waals surface area contributed by atoms with Gasteiger partial charge in [0.1, 0.15) is 0 Å². The van der Waals surface area contributed by atoms with Gasteiger partial charge in [0.05, 0.1) is 13.7 Å². The van der Waals surface area contributed by atoms with Crippen LogP contribution >= 0.6 is 24.0 Å². The third-order valence-corrected chi connectivity index (χ3v) is 4.07. The predicted molar refractivity (Wildman–Crippen MR) is 110 cm³/mol. The molecule has 1 fully saturated rings. The fourth-order valence-corrected chi connectivity index (χ4v) is 2.90. The van der Waals surface area contributed by atoms with Crippen LogP contribution in [0.5, 0.6) is 11.5 Å². The van der Waals surface area contributed by atoms with Gasteiger partial charge < -0.3 is 19.7 Å². The summed E-state index contributed by atoms with van der Waals surface area (Å²) in [7, 11) is 3.53. The first-order valence-corrected chi connectivity index (χ1v) is 8.53. The van der Waals surface area contributed by atoms with Crippen LogP contribution in [0.1, 0.15) is 31.7 Å². The van der Waals surface area contributed by atoms with Crippen molar-refractivity contribution in [2.24, 2.45) is 4.99 Å². The van der Waals surface area contributed by atoms with Gasteiger partial charge in [0, 0.05) is 26.7 Å². The van der Waals surface area contributed by atoms with Gasteiger partial charge in [0.2, 0.25) is 0 Å². The molecule has 136 valence electrons. The number of rotatable bonds is 7. The Labute approximate surface area is 162 Å². The molecule has 0 unspecified atom stereocenters. The molecule has 0 atom stereocenters. The molecule has 0 aliphatic carbocycles. The van der Waals surface area contributed by atoms with Crippen LogP contribution in [0.3, 0.4) is 0 Å². The highest BCUT2D eigenvalue weighted by Gasteiger charge is 2.15. The number of likely N-dealkylation sites (tertiary alicyclic amines) is 1. The number of guanidine groups is 1. The summed E-state index contributed by atoms with van der Waals surface area (Å²) in [4.78, 5) is 6.70. The molecule has 0 saturated carbocycles. The Hall–Kier alpha value is -1.18. The van der Waals surface area contributed by atoms with Crippen molar-refractivity contribution < 1.29 is 9.47 Å². The zero-order valence-electron chi connectivity index (χ0n) is 15.0. The molecular weight excluding hydrogens is 417 g/mol. The second-order valence-electron chi connectivity index (χ2n) is 5.69. The first-order valence-electron chi connectivity index (χ1n) is 8.53. The average Bonchev–Trinajstić information content (AvgIpc) is 3.10. The minimum absolute atomic E-state index is 0. The smallest absolute Gasteiger partial charge is 0.193 e. The monoisotopic (exact) mass is 447 g/mol. The van der Waals surface area contributed by atoms with Gasteiger partial charge in [-0.15, -0.1) is 24.0 Å². The molecule has 0 spiro atoms. The third-order valence-electron chi connectivity index (χ3n) is 4.07. The van der Waals surface area contributed by atoms with Crippen LogP contribution in [-0.4, -0.2) is 51.3 Å². The Balaban J connectivity index is 0.00000288. The summed E-state index contributed by atoms with van der Waals surface area (Å²) in [6, 6.07) is 6.17. The molecule has 1 aliphatic heterocycles. The molecule has 1 saturated heterocycles. The van der Waals surface area contributed by atoms with E-state index in [0.717, 1.165) is 49.9 Å². The number of nitrogens with one attached hydrogen (secondary N) is 1. The lowest BCUT2D eigenvalue weighted by atomic mass is 10.1. The number of halogens is 1. The molecule has 24 heavy (non-hydrogen) atoms. The van der Waals surface area contributed by atoms with E-state index >= 15 is 0 Å². The van der Waals surface area contributed by atoms with Crippen molar-refractivity contribution in [2.75, 3.05) is 40.4 Å². The molecule has 0 aromatic heterocycles. The Morgan fingerprint density at radius 2 is 2.00 bits per heavy atom. The molecule has 1 heterocycles. The predicted octanol–water partition coefficient (Wildman–Crippen LogP) is 3.32. The van der Waals surface area contributed by atoms with E-state index in [1.807, 2.05) is 20.0 Å². The zero-order chi connectivity index (χ0) is 16.5. The Bertz CT molecular complexity index is 517. The quantitative estimate of drug-likeness (QED) is 0.302. The number of aliphatic imine (C=N–C) groups is 1. The molecule has 1 N–H and O–H groups in total. The van der Waals surface area contributed by atoms with Gasteiger partial charge in [0.15, 0.2) is 17.5 Å². The summed E-state index contributed by atoms with van der Waals surface area (Å²) in [6.07, 6.45) is 4.61. The van der Waals surface area contributed by atoms with Crippen molar-refractivity contribution in [3.8, 4) is 11.5 Å². The zero-order valence-corrected chi connectivity index (χ0v) is 17.3. The fraction of sp³-hybridized carbons (Fsp3) is 0.611. The maximum Gasteiger partial charge on any atom is 0.193 e. The highest BCUT2D eigenvalue weighted by Crippen LogP contribution is 2.28. The lowest BCUT2D eigenvalue weighted by Gasteiger charge is -2.20. The average molecular weight is 447 g/mol. The van der Waals surface area contributed by atoms with Gasteiger partial charge in [-0.25, -0.2) is 0 Å².